The van der Waals surface area contributed by atoms with E-state index in [-0.39, 0.29) is 5.91 Å². The average molecular weight is 283 g/mol. The summed E-state index contributed by atoms with van der Waals surface area (Å²) >= 11 is 0. The van der Waals surface area contributed by atoms with Crippen molar-refractivity contribution in [1.29, 1.82) is 0 Å². The van der Waals surface area contributed by atoms with E-state index in [9.17, 15) is 9.59 Å². The van der Waals surface area contributed by atoms with E-state index in [4.69, 9.17) is 5.11 Å². The predicted molar refractivity (Wildman–Crippen MR) is 75.5 cm³/mol. The van der Waals surface area contributed by atoms with Crippen LogP contribution in [0, 0.1) is 5.92 Å². The highest BCUT2D eigenvalue weighted by Gasteiger charge is 2.40. The normalized spacial score (nSPS) is 25.5. The van der Waals surface area contributed by atoms with Crippen LogP contribution < -0.4 is 5.32 Å². The van der Waals surface area contributed by atoms with Gasteiger partial charge < -0.3 is 15.3 Å². The Morgan fingerprint density at radius 1 is 1.20 bits per heavy atom. The van der Waals surface area contributed by atoms with Crippen LogP contribution in [0.3, 0.4) is 0 Å². The first-order valence-electron chi connectivity index (χ1n) is 7.41. The largest absolute Gasteiger partial charge is 0.481 e. The van der Waals surface area contributed by atoms with Crippen molar-refractivity contribution in [3.05, 3.63) is 0 Å². The first kappa shape index (κ1) is 15.3. The third-order valence-corrected chi connectivity index (χ3v) is 4.49. The third kappa shape index (κ3) is 3.12. The second-order valence-electron chi connectivity index (χ2n) is 6.22. The maximum absolute atomic E-state index is 12.8. The van der Waals surface area contributed by atoms with Gasteiger partial charge >= 0.3 is 5.97 Å². The minimum absolute atomic E-state index is 0.0605. The number of nitrogens with one attached hydrogen (secondary N) is 1. The van der Waals surface area contributed by atoms with Gasteiger partial charge in [0.2, 0.25) is 5.91 Å². The molecule has 2 N–H and O–H groups in total. The summed E-state index contributed by atoms with van der Waals surface area (Å²) in [6.07, 6.45) is 1.45. The van der Waals surface area contributed by atoms with E-state index in [0.717, 1.165) is 32.6 Å². The molecule has 2 rings (SSSR count). The smallest absolute Gasteiger partial charge is 0.308 e. The van der Waals surface area contributed by atoms with Crippen LogP contribution in [0.1, 0.15) is 26.7 Å². The van der Waals surface area contributed by atoms with Crippen molar-refractivity contribution in [1.82, 2.24) is 15.1 Å². The molecule has 0 radical (unpaired) electrons. The molecule has 6 heteroatoms. The van der Waals surface area contributed by atoms with Gasteiger partial charge in [0.25, 0.3) is 0 Å². The average Bonchev–Trinajstić information content (AvgIpc) is 2.47. The lowest BCUT2D eigenvalue weighted by Crippen LogP contribution is -2.61. The number of carboxylic acids is 1. The van der Waals surface area contributed by atoms with E-state index >= 15 is 0 Å². The lowest BCUT2D eigenvalue weighted by atomic mass is 9.94. The fourth-order valence-corrected chi connectivity index (χ4v) is 3.11. The van der Waals surface area contributed by atoms with Crippen LogP contribution in [0.2, 0.25) is 0 Å². The molecule has 1 atom stereocenters. The van der Waals surface area contributed by atoms with Crippen molar-refractivity contribution in [3.63, 3.8) is 0 Å². The summed E-state index contributed by atoms with van der Waals surface area (Å²) < 4.78 is 0. The van der Waals surface area contributed by atoms with Crippen LogP contribution in [0.4, 0.5) is 0 Å². The van der Waals surface area contributed by atoms with Gasteiger partial charge in [-0.1, -0.05) is 0 Å². The van der Waals surface area contributed by atoms with Crippen molar-refractivity contribution in [3.8, 4) is 0 Å². The van der Waals surface area contributed by atoms with Crippen molar-refractivity contribution in [2.24, 2.45) is 5.92 Å². The molecular formula is C14H25N3O3. The molecule has 2 saturated heterocycles. The summed E-state index contributed by atoms with van der Waals surface area (Å²) in [4.78, 5) is 27.8. The molecule has 20 heavy (non-hydrogen) atoms. The summed E-state index contributed by atoms with van der Waals surface area (Å²) in [6, 6.07) is 0. The molecule has 114 valence electrons. The van der Waals surface area contributed by atoms with E-state index in [1.54, 1.807) is 4.90 Å². The molecule has 0 saturated carbocycles. The molecular weight excluding hydrogens is 258 g/mol. The molecule has 0 aromatic carbocycles. The first-order valence-corrected chi connectivity index (χ1v) is 7.41. The highest BCUT2D eigenvalue weighted by atomic mass is 16.4. The van der Waals surface area contributed by atoms with Gasteiger partial charge in [-0.3, -0.25) is 14.5 Å². The highest BCUT2D eigenvalue weighted by molar-refractivity contribution is 5.86. The molecule has 1 amide bonds. The third-order valence-electron chi connectivity index (χ3n) is 4.49. The number of nitrogens with zero attached hydrogens (tertiary/aromatic N) is 2. The Balaban J connectivity index is 2.03. The Morgan fingerprint density at radius 3 is 2.45 bits per heavy atom. The van der Waals surface area contributed by atoms with Crippen molar-refractivity contribution in [2.45, 2.75) is 32.2 Å². The van der Waals surface area contributed by atoms with Crippen LogP contribution in [-0.2, 0) is 9.59 Å². The Morgan fingerprint density at radius 2 is 1.85 bits per heavy atom. The molecule has 0 aromatic rings. The SMILES string of the molecule is CC(C)(C(=O)N1CCC[C@H](C(=O)O)C1)N1CCNCC1. The lowest BCUT2D eigenvalue weighted by molar-refractivity contribution is -0.150. The number of carbonyl (C=O) groups excluding carboxylic acids is 1. The van der Waals surface area contributed by atoms with Crippen molar-refractivity contribution in [2.75, 3.05) is 39.3 Å². The molecule has 2 aliphatic heterocycles. The van der Waals surface area contributed by atoms with E-state index in [2.05, 4.69) is 10.2 Å². The van der Waals surface area contributed by atoms with Gasteiger partial charge in [0.05, 0.1) is 11.5 Å². The number of likely N-dealkylation sites (tertiary alicyclic amines) is 1. The van der Waals surface area contributed by atoms with Gasteiger partial charge in [-0.2, -0.15) is 0 Å². The van der Waals surface area contributed by atoms with Crippen molar-refractivity contribution >= 4 is 11.9 Å². The number of piperidine rings is 1. The van der Waals surface area contributed by atoms with Crippen molar-refractivity contribution < 1.29 is 14.7 Å². The number of carbonyl (C=O) groups is 2. The quantitative estimate of drug-likeness (QED) is 0.762. The summed E-state index contributed by atoms with van der Waals surface area (Å²) in [6.45, 7) is 8.44. The molecule has 2 aliphatic rings. The molecule has 0 aliphatic carbocycles. The molecule has 6 nitrogen and oxygen atoms in total. The minimum Gasteiger partial charge on any atom is -0.481 e. The zero-order chi connectivity index (χ0) is 14.8. The Bertz CT molecular complexity index is 378. The Hall–Kier alpha value is -1.14. The number of rotatable bonds is 3. The van der Waals surface area contributed by atoms with E-state index in [1.165, 1.54) is 0 Å². The molecule has 0 bridgehead atoms. The van der Waals surface area contributed by atoms with Gasteiger partial charge in [0, 0.05) is 39.3 Å². The molecule has 2 heterocycles. The van der Waals surface area contributed by atoms with Gasteiger partial charge in [-0.15, -0.1) is 0 Å². The predicted octanol–water partition coefficient (Wildman–Crippen LogP) is -0.00660. The Labute approximate surface area is 120 Å². The standard InChI is InChI=1S/C14H25N3O3/c1-14(2,17-8-5-15-6-9-17)13(20)16-7-3-4-11(10-16)12(18)19/h11,15H,3-10H2,1-2H3,(H,18,19)/t11-/m0/s1. The number of aliphatic carboxylic acids is 1. The minimum atomic E-state index is -0.789. The van der Waals surface area contributed by atoms with E-state index < -0.39 is 17.4 Å². The van der Waals surface area contributed by atoms with Gasteiger partial charge in [-0.05, 0) is 26.7 Å². The number of amides is 1. The second-order valence-corrected chi connectivity index (χ2v) is 6.22. The second kappa shape index (κ2) is 6.10. The van der Waals surface area contributed by atoms with Crippen LogP contribution >= 0.6 is 0 Å². The lowest BCUT2D eigenvalue weighted by Gasteiger charge is -2.44. The van der Waals surface area contributed by atoms with Crippen LogP contribution in [0.15, 0.2) is 0 Å². The highest BCUT2D eigenvalue weighted by Crippen LogP contribution is 2.23. The maximum Gasteiger partial charge on any atom is 0.308 e. The fourth-order valence-electron chi connectivity index (χ4n) is 3.11. The fraction of sp³-hybridized carbons (Fsp3) is 0.857. The molecule has 0 unspecified atom stereocenters. The topological polar surface area (TPSA) is 72.9 Å². The number of hydrogen-bond acceptors (Lipinski definition) is 4. The van der Waals surface area contributed by atoms with Crippen LogP contribution in [-0.4, -0.2) is 71.6 Å². The van der Waals surface area contributed by atoms with E-state index in [0.29, 0.717) is 19.5 Å². The molecule has 0 spiro atoms. The number of piperazine rings is 1. The summed E-state index contributed by atoms with van der Waals surface area (Å²) in [5, 5.41) is 12.4. The summed E-state index contributed by atoms with van der Waals surface area (Å²) in [5.74, 6) is -1.14. The van der Waals surface area contributed by atoms with Crippen LogP contribution in [0.25, 0.3) is 0 Å². The molecule has 2 fully saturated rings. The number of hydrogen-bond donors (Lipinski definition) is 2. The van der Waals surface area contributed by atoms with Crippen LogP contribution in [0.5, 0.6) is 0 Å². The summed E-state index contributed by atoms with van der Waals surface area (Å²) in [7, 11) is 0. The number of carboxylic acid groups (broad SMARTS) is 1. The monoisotopic (exact) mass is 283 g/mol. The summed E-state index contributed by atoms with van der Waals surface area (Å²) in [5.41, 5.74) is -0.553. The Kier molecular flexibility index (Phi) is 4.65. The zero-order valence-electron chi connectivity index (χ0n) is 12.4. The van der Waals surface area contributed by atoms with E-state index in [1.807, 2.05) is 13.8 Å². The van der Waals surface area contributed by atoms with Gasteiger partial charge in [0.1, 0.15) is 0 Å². The van der Waals surface area contributed by atoms with Gasteiger partial charge in [0.15, 0.2) is 0 Å². The zero-order valence-corrected chi connectivity index (χ0v) is 12.4. The first-order chi connectivity index (χ1) is 9.43. The van der Waals surface area contributed by atoms with Gasteiger partial charge in [-0.25, -0.2) is 0 Å². The maximum atomic E-state index is 12.8. The molecule has 0 aromatic heterocycles.